The summed E-state index contributed by atoms with van der Waals surface area (Å²) in [7, 11) is 0. The molecular weight excluding hydrogens is 234 g/mol. The van der Waals surface area contributed by atoms with Gasteiger partial charge in [-0.25, -0.2) is 0 Å². The van der Waals surface area contributed by atoms with Crippen molar-refractivity contribution in [3.8, 4) is 0 Å². The Kier molecular flexibility index (Phi) is 5.15. The van der Waals surface area contributed by atoms with Crippen LogP contribution in [0.1, 0.15) is 49.0 Å². The molecule has 0 saturated heterocycles. The van der Waals surface area contributed by atoms with Crippen molar-refractivity contribution in [2.75, 3.05) is 19.6 Å². The molecule has 1 fully saturated rings. The Hall–Kier alpha value is -1.15. The number of ketones is 1. The van der Waals surface area contributed by atoms with Crippen molar-refractivity contribution < 1.29 is 4.79 Å². The van der Waals surface area contributed by atoms with Crippen LogP contribution in [0.4, 0.5) is 0 Å². The molecule has 1 saturated carbocycles. The summed E-state index contributed by atoms with van der Waals surface area (Å²) in [5.41, 5.74) is 2.14. The van der Waals surface area contributed by atoms with Crippen molar-refractivity contribution in [1.82, 2.24) is 4.90 Å². The normalized spacial score (nSPS) is 15.5. The van der Waals surface area contributed by atoms with Crippen LogP contribution in [0.2, 0.25) is 0 Å². The van der Waals surface area contributed by atoms with Crippen LogP contribution in [0.3, 0.4) is 0 Å². The Morgan fingerprint density at radius 1 is 1.21 bits per heavy atom. The minimum absolute atomic E-state index is 0.254. The highest BCUT2D eigenvalue weighted by Crippen LogP contribution is 2.27. The van der Waals surface area contributed by atoms with E-state index in [2.05, 4.69) is 30.9 Å². The molecule has 0 N–H and O–H groups in total. The molecule has 1 aliphatic rings. The van der Waals surface area contributed by atoms with Crippen molar-refractivity contribution in [3.05, 3.63) is 35.4 Å². The van der Waals surface area contributed by atoms with Gasteiger partial charge in [-0.2, -0.15) is 0 Å². The van der Waals surface area contributed by atoms with Crippen LogP contribution in [-0.2, 0) is 6.42 Å². The number of hydrogen-bond donors (Lipinski definition) is 0. The first kappa shape index (κ1) is 14.3. The number of hydrogen-bond acceptors (Lipinski definition) is 2. The van der Waals surface area contributed by atoms with E-state index in [1.807, 2.05) is 12.1 Å². The summed E-state index contributed by atoms with van der Waals surface area (Å²) < 4.78 is 0. The lowest BCUT2D eigenvalue weighted by atomic mass is 9.85. The quantitative estimate of drug-likeness (QED) is 0.698. The third-order valence-corrected chi connectivity index (χ3v) is 4.24. The highest BCUT2D eigenvalue weighted by Gasteiger charge is 2.21. The average Bonchev–Trinajstić information content (AvgIpc) is 2.41. The van der Waals surface area contributed by atoms with E-state index in [1.54, 1.807) is 0 Å². The van der Waals surface area contributed by atoms with Gasteiger partial charge >= 0.3 is 0 Å². The number of aryl methyl sites for hydroxylation is 1. The predicted octanol–water partition coefficient (Wildman–Crippen LogP) is 3.55. The van der Waals surface area contributed by atoms with Gasteiger partial charge in [0.05, 0.1) is 6.54 Å². The van der Waals surface area contributed by atoms with Crippen LogP contribution in [0.5, 0.6) is 0 Å². The monoisotopic (exact) mass is 259 g/mol. The molecule has 1 aliphatic carbocycles. The first-order chi connectivity index (χ1) is 9.22. The Morgan fingerprint density at radius 2 is 1.89 bits per heavy atom. The maximum absolute atomic E-state index is 12.3. The molecule has 19 heavy (non-hydrogen) atoms. The summed E-state index contributed by atoms with van der Waals surface area (Å²) in [4.78, 5) is 14.6. The highest BCUT2D eigenvalue weighted by molar-refractivity contribution is 5.97. The van der Waals surface area contributed by atoms with E-state index in [9.17, 15) is 4.79 Å². The fourth-order valence-electron chi connectivity index (χ4n) is 2.57. The topological polar surface area (TPSA) is 20.3 Å². The van der Waals surface area contributed by atoms with Crippen molar-refractivity contribution >= 4 is 5.78 Å². The number of benzene rings is 1. The summed E-state index contributed by atoms with van der Waals surface area (Å²) in [6.07, 6.45) is 5.08. The minimum atomic E-state index is 0.254. The number of rotatable bonds is 7. The lowest BCUT2D eigenvalue weighted by Crippen LogP contribution is -2.36. The molecule has 104 valence electrons. The van der Waals surface area contributed by atoms with Crippen LogP contribution in [0.25, 0.3) is 0 Å². The third-order valence-electron chi connectivity index (χ3n) is 4.24. The van der Waals surface area contributed by atoms with Gasteiger partial charge in [0.15, 0.2) is 5.78 Å². The van der Waals surface area contributed by atoms with Gasteiger partial charge in [-0.3, -0.25) is 9.69 Å². The summed E-state index contributed by atoms with van der Waals surface area (Å²) >= 11 is 0. The smallest absolute Gasteiger partial charge is 0.176 e. The Bertz CT molecular complexity index is 406. The third kappa shape index (κ3) is 3.90. The summed E-state index contributed by atoms with van der Waals surface area (Å²) in [6, 6.07) is 8.07. The number of carbonyl (C=O) groups is 1. The predicted molar refractivity (Wildman–Crippen MR) is 79.6 cm³/mol. The Labute approximate surface area is 116 Å². The van der Waals surface area contributed by atoms with Crippen LogP contribution in [0, 0.1) is 5.92 Å². The van der Waals surface area contributed by atoms with Crippen LogP contribution in [0.15, 0.2) is 24.3 Å². The molecule has 0 radical (unpaired) electrons. The zero-order valence-corrected chi connectivity index (χ0v) is 12.2. The Balaban J connectivity index is 1.89. The largest absolute Gasteiger partial charge is 0.296 e. The molecule has 1 aromatic carbocycles. The van der Waals surface area contributed by atoms with Gasteiger partial charge in [-0.15, -0.1) is 0 Å². The van der Waals surface area contributed by atoms with Crippen molar-refractivity contribution in [1.29, 1.82) is 0 Å². The van der Waals surface area contributed by atoms with E-state index in [0.29, 0.717) is 6.54 Å². The van der Waals surface area contributed by atoms with Gasteiger partial charge in [-0.05, 0) is 37.3 Å². The fraction of sp³-hybridized carbons (Fsp3) is 0.588. The van der Waals surface area contributed by atoms with E-state index in [1.165, 1.54) is 24.8 Å². The van der Waals surface area contributed by atoms with Crippen LogP contribution in [-0.4, -0.2) is 30.3 Å². The molecule has 0 unspecified atom stereocenters. The lowest BCUT2D eigenvalue weighted by Gasteiger charge is -2.31. The van der Waals surface area contributed by atoms with E-state index in [-0.39, 0.29) is 5.78 Å². The van der Waals surface area contributed by atoms with E-state index < -0.39 is 0 Å². The average molecular weight is 259 g/mol. The standard InChI is InChI=1S/C17H25NO/c1-3-14-8-10-16(11-9-14)17(19)13-18(4-2)12-15-6-5-7-15/h8-11,15H,3-7,12-13H2,1-2H3. The second-order valence-corrected chi connectivity index (χ2v) is 5.60. The first-order valence-corrected chi connectivity index (χ1v) is 7.57. The van der Waals surface area contributed by atoms with Gasteiger partial charge in [0.25, 0.3) is 0 Å². The molecule has 0 amide bonds. The maximum Gasteiger partial charge on any atom is 0.176 e. The zero-order chi connectivity index (χ0) is 13.7. The van der Waals surface area contributed by atoms with Crippen LogP contribution < -0.4 is 0 Å². The summed E-state index contributed by atoms with van der Waals surface area (Å²) in [5, 5.41) is 0. The minimum Gasteiger partial charge on any atom is -0.296 e. The highest BCUT2D eigenvalue weighted by atomic mass is 16.1. The Morgan fingerprint density at radius 3 is 2.37 bits per heavy atom. The van der Waals surface area contributed by atoms with E-state index in [4.69, 9.17) is 0 Å². The maximum atomic E-state index is 12.3. The molecule has 2 heteroatoms. The van der Waals surface area contributed by atoms with E-state index >= 15 is 0 Å². The second-order valence-electron chi connectivity index (χ2n) is 5.60. The molecule has 0 spiro atoms. The molecule has 0 aliphatic heterocycles. The number of nitrogens with zero attached hydrogens (tertiary/aromatic N) is 1. The van der Waals surface area contributed by atoms with Gasteiger partial charge < -0.3 is 0 Å². The van der Waals surface area contributed by atoms with Gasteiger partial charge in [0, 0.05) is 12.1 Å². The summed E-state index contributed by atoms with van der Waals surface area (Å²) in [5.74, 6) is 1.08. The number of carbonyl (C=O) groups excluding carboxylic acids is 1. The van der Waals surface area contributed by atoms with Crippen molar-refractivity contribution in [2.24, 2.45) is 5.92 Å². The molecule has 0 bridgehead atoms. The lowest BCUT2D eigenvalue weighted by molar-refractivity contribution is 0.0905. The molecule has 2 rings (SSSR count). The number of Topliss-reactive ketones (excluding diaryl/α,β-unsaturated/α-hetero) is 1. The molecule has 2 nitrogen and oxygen atoms in total. The molecule has 1 aromatic rings. The van der Waals surface area contributed by atoms with Gasteiger partial charge in [0.1, 0.15) is 0 Å². The SMILES string of the molecule is CCc1ccc(C(=O)CN(CC)CC2CCC2)cc1. The first-order valence-electron chi connectivity index (χ1n) is 7.57. The molecule has 0 heterocycles. The summed E-state index contributed by atoms with van der Waals surface area (Å²) in [6.45, 7) is 6.91. The molecule has 0 aromatic heterocycles. The fourth-order valence-corrected chi connectivity index (χ4v) is 2.57. The second kappa shape index (κ2) is 6.85. The van der Waals surface area contributed by atoms with Gasteiger partial charge in [0.2, 0.25) is 0 Å². The van der Waals surface area contributed by atoms with Crippen molar-refractivity contribution in [2.45, 2.75) is 39.5 Å². The van der Waals surface area contributed by atoms with Crippen LogP contribution >= 0.6 is 0 Å². The van der Waals surface area contributed by atoms with Crippen molar-refractivity contribution in [3.63, 3.8) is 0 Å². The number of likely N-dealkylation sites (N-methyl/N-ethyl adjacent to an activating group) is 1. The molecule has 0 atom stereocenters. The van der Waals surface area contributed by atoms with E-state index in [0.717, 1.165) is 31.0 Å². The zero-order valence-electron chi connectivity index (χ0n) is 12.2. The van der Waals surface area contributed by atoms with Gasteiger partial charge in [-0.1, -0.05) is 44.5 Å². The molecular formula is C17H25NO.